The summed E-state index contributed by atoms with van der Waals surface area (Å²) in [5.74, 6) is 0. The van der Waals surface area contributed by atoms with Crippen LogP contribution in [0.15, 0.2) is 29.0 Å². The van der Waals surface area contributed by atoms with Gasteiger partial charge in [0.25, 0.3) is 0 Å². The molecule has 0 aliphatic carbocycles. The second-order valence-corrected chi connectivity index (χ2v) is 2.73. The van der Waals surface area contributed by atoms with Crippen molar-refractivity contribution < 1.29 is 0 Å². The van der Waals surface area contributed by atoms with Crippen molar-refractivity contribution >= 4 is 22.0 Å². The lowest BCUT2D eigenvalue weighted by molar-refractivity contribution is 1.27. The fraction of sp³-hybridized carbons (Fsp3) is 0.125. The highest BCUT2D eigenvalue weighted by molar-refractivity contribution is 9.10. The summed E-state index contributed by atoms with van der Waals surface area (Å²) in [7, 11) is 0. The van der Waals surface area contributed by atoms with Crippen LogP contribution in [0.3, 0.4) is 0 Å². The molecule has 0 aliphatic heterocycles. The van der Waals surface area contributed by atoms with E-state index in [0.717, 1.165) is 10.2 Å². The minimum absolute atomic E-state index is 0.876. The number of rotatable bonds is 1. The molecule has 0 fully saturated rings. The first-order valence-electron chi connectivity index (χ1n) is 3.07. The average Bonchev–Trinajstić information content (AvgIpc) is 1.95. The highest BCUT2D eigenvalue weighted by Gasteiger charge is 1.85. The third kappa shape index (κ3) is 1.95. The van der Waals surface area contributed by atoms with E-state index >= 15 is 0 Å². The van der Waals surface area contributed by atoms with Gasteiger partial charge in [-0.15, -0.1) is 0 Å². The summed E-state index contributed by atoms with van der Waals surface area (Å²) in [6.07, 6.45) is 5.83. The Morgan fingerprint density at radius 3 is 2.80 bits per heavy atom. The van der Waals surface area contributed by atoms with Crippen LogP contribution in [0.4, 0.5) is 0 Å². The zero-order valence-electron chi connectivity index (χ0n) is 5.71. The van der Waals surface area contributed by atoms with Crippen molar-refractivity contribution in [3.63, 3.8) is 0 Å². The molecule has 1 rings (SSSR count). The number of hydrogen-bond donors (Lipinski definition) is 0. The molecule has 52 valence electrons. The highest BCUT2D eigenvalue weighted by Crippen LogP contribution is 2.06. The lowest BCUT2D eigenvalue weighted by atomic mass is 10.3. The fourth-order valence-electron chi connectivity index (χ4n) is 0.678. The topological polar surface area (TPSA) is 12.9 Å². The van der Waals surface area contributed by atoms with Crippen molar-refractivity contribution in [2.24, 2.45) is 0 Å². The highest BCUT2D eigenvalue weighted by atomic mass is 79.9. The van der Waals surface area contributed by atoms with E-state index in [1.165, 1.54) is 0 Å². The monoisotopic (exact) mass is 197 g/mol. The van der Waals surface area contributed by atoms with E-state index < -0.39 is 0 Å². The molecule has 10 heavy (non-hydrogen) atoms. The van der Waals surface area contributed by atoms with Crippen LogP contribution in [-0.2, 0) is 0 Å². The van der Waals surface area contributed by atoms with Gasteiger partial charge in [-0.25, -0.2) is 4.98 Å². The number of pyridine rings is 1. The molecule has 0 aromatic carbocycles. The Balaban J connectivity index is 2.89. The maximum atomic E-state index is 4.06. The third-order valence-electron chi connectivity index (χ3n) is 1.11. The zero-order chi connectivity index (χ0) is 7.40. The normalized spacial score (nSPS) is 10.6. The van der Waals surface area contributed by atoms with Gasteiger partial charge < -0.3 is 0 Å². The quantitative estimate of drug-likeness (QED) is 0.632. The van der Waals surface area contributed by atoms with E-state index in [1.54, 1.807) is 0 Å². The van der Waals surface area contributed by atoms with Gasteiger partial charge in [-0.1, -0.05) is 18.2 Å². The van der Waals surface area contributed by atoms with E-state index in [4.69, 9.17) is 0 Å². The molecule has 2 heteroatoms. The molecule has 1 nitrogen and oxygen atoms in total. The summed E-state index contributed by atoms with van der Waals surface area (Å²) in [5.41, 5.74) is 1.13. The molecule has 0 N–H and O–H groups in total. The Morgan fingerprint density at radius 1 is 1.50 bits per heavy atom. The van der Waals surface area contributed by atoms with Gasteiger partial charge in [-0.3, -0.25) is 0 Å². The molecule has 0 atom stereocenters. The Labute approximate surface area is 68.9 Å². The predicted octanol–water partition coefficient (Wildman–Crippen LogP) is 2.88. The number of allylic oxidation sites excluding steroid dienone is 1. The van der Waals surface area contributed by atoms with Crippen molar-refractivity contribution in [2.45, 2.75) is 6.92 Å². The van der Waals surface area contributed by atoms with Crippen LogP contribution >= 0.6 is 15.9 Å². The van der Waals surface area contributed by atoms with Gasteiger partial charge in [-0.05, 0) is 34.5 Å². The molecule has 0 radical (unpaired) electrons. The lowest BCUT2D eigenvalue weighted by Crippen LogP contribution is -1.75. The Hall–Kier alpha value is -0.630. The van der Waals surface area contributed by atoms with Crippen molar-refractivity contribution in [3.8, 4) is 0 Å². The summed E-state index contributed by atoms with van der Waals surface area (Å²) in [6.45, 7) is 1.99. The molecule has 0 saturated carbocycles. The minimum Gasteiger partial charge on any atom is -0.249 e. The Bertz CT molecular complexity index is 226. The van der Waals surface area contributed by atoms with Crippen molar-refractivity contribution in [3.05, 3.63) is 34.6 Å². The largest absolute Gasteiger partial charge is 0.249 e. The maximum absolute atomic E-state index is 4.06. The summed E-state index contributed by atoms with van der Waals surface area (Å²) in [5, 5.41) is 0. The van der Waals surface area contributed by atoms with Gasteiger partial charge in [0, 0.05) is 6.20 Å². The molecule has 0 aliphatic rings. The van der Waals surface area contributed by atoms with Gasteiger partial charge in [0.1, 0.15) is 4.60 Å². The second-order valence-electron chi connectivity index (χ2n) is 1.91. The Kier molecular flexibility index (Phi) is 2.63. The Morgan fingerprint density at radius 2 is 2.30 bits per heavy atom. The van der Waals surface area contributed by atoms with Crippen molar-refractivity contribution in [1.29, 1.82) is 0 Å². The number of halogens is 1. The van der Waals surface area contributed by atoms with Crippen LogP contribution in [0.5, 0.6) is 0 Å². The molecular formula is C8H8BrN. The van der Waals surface area contributed by atoms with Crippen molar-refractivity contribution in [2.75, 3.05) is 0 Å². The molecule has 0 amide bonds. The van der Waals surface area contributed by atoms with Gasteiger partial charge in [0.05, 0.1) is 0 Å². The second kappa shape index (κ2) is 3.52. The van der Waals surface area contributed by atoms with Gasteiger partial charge >= 0.3 is 0 Å². The first-order valence-corrected chi connectivity index (χ1v) is 3.86. The molecule has 1 aromatic rings. The van der Waals surface area contributed by atoms with E-state index in [1.807, 2.05) is 37.4 Å². The smallest absolute Gasteiger partial charge is 0.106 e. The molecule has 0 saturated heterocycles. The summed E-state index contributed by atoms with van der Waals surface area (Å²) in [6, 6.07) is 3.94. The number of hydrogen-bond acceptors (Lipinski definition) is 1. The van der Waals surface area contributed by atoms with E-state index in [-0.39, 0.29) is 0 Å². The molecule has 0 bridgehead atoms. The number of aromatic nitrogens is 1. The SMILES string of the molecule is C/C=C/c1ccc(Br)nc1. The molecule has 1 heterocycles. The standard InChI is InChI=1S/C8H8BrN/c1-2-3-7-4-5-8(9)10-6-7/h2-6H,1H3/b3-2+. The van der Waals surface area contributed by atoms with Crippen LogP contribution in [0, 0.1) is 0 Å². The van der Waals surface area contributed by atoms with Gasteiger partial charge in [0.2, 0.25) is 0 Å². The van der Waals surface area contributed by atoms with Crippen LogP contribution in [-0.4, -0.2) is 4.98 Å². The van der Waals surface area contributed by atoms with E-state index in [9.17, 15) is 0 Å². The molecule has 0 unspecified atom stereocenters. The van der Waals surface area contributed by atoms with E-state index in [2.05, 4.69) is 20.9 Å². The van der Waals surface area contributed by atoms with Crippen LogP contribution in [0.2, 0.25) is 0 Å². The predicted molar refractivity (Wildman–Crippen MR) is 46.6 cm³/mol. The summed E-state index contributed by atoms with van der Waals surface area (Å²) in [4.78, 5) is 4.06. The number of nitrogens with zero attached hydrogens (tertiary/aromatic N) is 1. The summed E-state index contributed by atoms with van der Waals surface area (Å²) < 4.78 is 0.876. The summed E-state index contributed by atoms with van der Waals surface area (Å²) >= 11 is 3.26. The minimum atomic E-state index is 0.876. The van der Waals surface area contributed by atoms with E-state index in [0.29, 0.717) is 0 Å². The van der Waals surface area contributed by atoms with Crippen LogP contribution < -0.4 is 0 Å². The lowest BCUT2D eigenvalue weighted by Gasteiger charge is -1.90. The maximum Gasteiger partial charge on any atom is 0.106 e. The third-order valence-corrected chi connectivity index (χ3v) is 1.58. The average molecular weight is 198 g/mol. The first-order chi connectivity index (χ1) is 4.83. The van der Waals surface area contributed by atoms with Crippen LogP contribution in [0.1, 0.15) is 12.5 Å². The first kappa shape index (κ1) is 7.48. The van der Waals surface area contributed by atoms with Crippen molar-refractivity contribution in [1.82, 2.24) is 4.98 Å². The van der Waals surface area contributed by atoms with Crippen LogP contribution in [0.25, 0.3) is 6.08 Å². The molecule has 0 spiro atoms. The van der Waals surface area contributed by atoms with Gasteiger partial charge in [-0.2, -0.15) is 0 Å². The molecular weight excluding hydrogens is 190 g/mol. The van der Waals surface area contributed by atoms with Gasteiger partial charge in [0.15, 0.2) is 0 Å². The molecule has 1 aromatic heterocycles. The fourth-order valence-corrected chi connectivity index (χ4v) is 0.913. The zero-order valence-corrected chi connectivity index (χ0v) is 7.30.